The third kappa shape index (κ3) is 3.93. The summed E-state index contributed by atoms with van der Waals surface area (Å²) in [6.45, 7) is 4.01. The van der Waals surface area contributed by atoms with Crippen molar-refractivity contribution in [2.24, 2.45) is 5.84 Å². The van der Waals surface area contributed by atoms with Crippen LogP contribution in [0.3, 0.4) is 0 Å². The molecule has 0 saturated carbocycles. The second kappa shape index (κ2) is 6.56. The molecule has 0 aliphatic heterocycles. The van der Waals surface area contributed by atoms with E-state index in [1.54, 1.807) is 36.4 Å². The summed E-state index contributed by atoms with van der Waals surface area (Å²) in [5, 5.41) is 3.43. The van der Waals surface area contributed by atoms with Crippen LogP contribution in [0.15, 0.2) is 36.4 Å². The van der Waals surface area contributed by atoms with E-state index in [9.17, 15) is 4.79 Å². The fraction of sp³-hybridized carbons (Fsp3) is 0.200. The molecule has 110 valence electrons. The van der Waals surface area contributed by atoms with Crippen molar-refractivity contribution >= 4 is 29.0 Å². The smallest absolute Gasteiger partial charge is 0.255 e. The van der Waals surface area contributed by atoms with Gasteiger partial charge >= 0.3 is 0 Å². The lowest BCUT2D eigenvalue weighted by Gasteiger charge is -2.11. The highest BCUT2D eigenvalue weighted by atomic mass is 35.5. The molecule has 0 saturated heterocycles. The first-order chi connectivity index (χ1) is 9.99. The fourth-order valence-electron chi connectivity index (χ4n) is 1.79. The Balaban J connectivity index is 2.25. The van der Waals surface area contributed by atoms with Crippen LogP contribution in [0.1, 0.15) is 35.8 Å². The lowest BCUT2D eigenvalue weighted by molar-refractivity contribution is 0.102. The highest BCUT2D eigenvalue weighted by Crippen LogP contribution is 2.19. The maximum atomic E-state index is 12.3. The number of anilines is 2. The van der Waals surface area contributed by atoms with Crippen molar-refractivity contribution in [1.82, 2.24) is 4.98 Å². The molecule has 1 aromatic carbocycles. The number of carbonyl (C=O) groups excluding carboxylic acids is 1. The van der Waals surface area contributed by atoms with Crippen LogP contribution >= 0.6 is 11.6 Å². The highest BCUT2D eigenvalue weighted by molar-refractivity contribution is 6.30. The molecule has 2 rings (SSSR count). The van der Waals surface area contributed by atoms with Gasteiger partial charge in [0.15, 0.2) is 0 Å². The van der Waals surface area contributed by atoms with Crippen molar-refractivity contribution in [3.05, 3.63) is 52.7 Å². The van der Waals surface area contributed by atoms with Gasteiger partial charge in [-0.05, 0) is 42.3 Å². The lowest BCUT2D eigenvalue weighted by atomic mass is 10.1. The number of nitrogens with zero attached hydrogens (tertiary/aromatic N) is 1. The van der Waals surface area contributed by atoms with Gasteiger partial charge in [0.2, 0.25) is 0 Å². The standard InChI is InChI=1S/C15H17ClN4O/c1-9(2)13-7-10(8-14(19-13)20-17)15(21)18-12-5-3-11(16)4-6-12/h3-9H,17H2,1-2H3,(H,18,21)(H,19,20). The number of amides is 1. The Labute approximate surface area is 128 Å². The van der Waals surface area contributed by atoms with Crippen LogP contribution in [-0.2, 0) is 0 Å². The average molecular weight is 305 g/mol. The molecule has 0 bridgehead atoms. The van der Waals surface area contributed by atoms with Crippen LogP contribution in [-0.4, -0.2) is 10.9 Å². The number of benzene rings is 1. The van der Waals surface area contributed by atoms with Gasteiger partial charge in [-0.2, -0.15) is 0 Å². The average Bonchev–Trinajstić information content (AvgIpc) is 2.49. The number of nitrogens with two attached hydrogens (primary N) is 1. The van der Waals surface area contributed by atoms with E-state index in [-0.39, 0.29) is 11.8 Å². The summed E-state index contributed by atoms with van der Waals surface area (Å²) < 4.78 is 0. The van der Waals surface area contributed by atoms with Crippen molar-refractivity contribution < 1.29 is 4.79 Å². The molecule has 1 aromatic heterocycles. The van der Waals surface area contributed by atoms with Gasteiger partial charge in [-0.15, -0.1) is 0 Å². The maximum Gasteiger partial charge on any atom is 0.255 e. The predicted octanol–water partition coefficient (Wildman–Crippen LogP) is 3.40. The van der Waals surface area contributed by atoms with Gasteiger partial charge in [0, 0.05) is 22.0 Å². The minimum atomic E-state index is -0.224. The number of carbonyl (C=O) groups is 1. The number of rotatable bonds is 4. The normalized spacial score (nSPS) is 10.5. The summed E-state index contributed by atoms with van der Waals surface area (Å²) in [5.74, 6) is 5.83. The SMILES string of the molecule is CC(C)c1cc(C(=O)Nc2ccc(Cl)cc2)cc(NN)n1. The zero-order valence-electron chi connectivity index (χ0n) is 11.9. The monoisotopic (exact) mass is 304 g/mol. The first-order valence-corrected chi connectivity index (χ1v) is 6.93. The van der Waals surface area contributed by atoms with E-state index in [0.29, 0.717) is 22.1 Å². The van der Waals surface area contributed by atoms with Crippen molar-refractivity contribution in [2.75, 3.05) is 10.7 Å². The Bertz CT molecular complexity index is 641. The molecule has 2 aromatic rings. The van der Waals surface area contributed by atoms with Crippen molar-refractivity contribution in [2.45, 2.75) is 19.8 Å². The van der Waals surface area contributed by atoms with Crippen LogP contribution in [0.25, 0.3) is 0 Å². The molecule has 0 aliphatic rings. The van der Waals surface area contributed by atoms with Gasteiger partial charge in [0.25, 0.3) is 5.91 Å². The van der Waals surface area contributed by atoms with Gasteiger partial charge in [0.05, 0.1) is 0 Å². The third-order valence-corrected chi connectivity index (χ3v) is 3.20. The lowest BCUT2D eigenvalue weighted by Crippen LogP contribution is -2.16. The Hall–Kier alpha value is -2.11. The Kier molecular flexibility index (Phi) is 4.77. The molecule has 5 nitrogen and oxygen atoms in total. The predicted molar refractivity (Wildman–Crippen MR) is 85.5 cm³/mol. The van der Waals surface area contributed by atoms with E-state index in [2.05, 4.69) is 15.7 Å². The number of aromatic nitrogens is 1. The van der Waals surface area contributed by atoms with Crippen LogP contribution < -0.4 is 16.6 Å². The molecule has 6 heteroatoms. The van der Waals surface area contributed by atoms with Gasteiger partial charge < -0.3 is 10.7 Å². The summed E-state index contributed by atoms with van der Waals surface area (Å²) >= 11 is 5.82. The molecule has 0 atom stereocenters. The molecule has 0 aliphatic carbocycles. The van der Waals surface area contributed by atoms with E-state index < -0.39 is 0 Å². The van der Waals surface area contributed by atoms with E-state index >= 15 is 0 Å². The number of halogens is 1. The molecule has 0 fully saturated rings. The molecular weight excluding hydrogens is 288 g/mol. The fourth-order valence-corrected chi connectivity index (χ4v) is 1.92. The largest absolute Gasteiger partial charge is 0.322 e. The van der Waals surface area contributed by atoms with Gasteiger partial charge in [0.1, 0.15) is 5.82 Å². The number of hydrazine groups is 1. The Morgan fingerprint density at radius 3 is 2.48 bits per heavy atom. The summed E-state index contributed by atoms with van der Waals surface area (Å²) in [6, 6.07) is 10.3. The van der Waals surface area contributed by atoms with Crippen molar-refractivity contribution in [3.63, 3.8) is 0 Å². The second-order valence-electron chi connectivity index (χ2n) is 4.93. The minimum Gasteiger partial charge on any atom is -0.322 e. The number of nitrogens with one attached hydrogen (secondary N) is 2. The summed E-state index contributed by atoms with van der Waals surface area (Å²) in [4.78, 5) is 16.6. The van der Waals surface area contributed by atoms with Crippen LogP contribution in [0.4, 0.5) is 11.5 Å². The first kappa shape index (κ1) is 15.3. The van der Waals surface area contributed by atoms with Crippen LogP contribution in [0.5, 0.6) is 0 Å². The number of hydrogen-bond donors (Lipinski definition) is 3. The Morgan fingerprint density at radius 1 is 1.24 bits per heavy atom. The van der Waals surface area contributed by atoms with E-state index in [0.717, 1.165) is 5.69 Å². The van der Waals surface area contributed by atoms with Gasteiger partial charge in [-0.25, -0.2) is 10.8 Å². The van der Waals surface area contributed by atoms with E-state index in [4.69, 9.17) is 17.4 Å². The minimum absolute atomic E-state index is 0.195. The van der Waals surface area contributed by atoms with Gasteiger partial charge in [-0.1, -0.05) is 25.4 Å². The third-order valence-electron chi connectivity index (χ3n) is 2.95. The van der Waals surface area contributed by atoms with E-state index in [1.165, 1.54) is 0 Å². The van der Waals surface area contributed by atoms with Crippen LogP contribution in [0, 0.1) is 0 Å². The molecule has 21 heavy (non-hydrogen) atoms. The van der Waals surface area contributed by atoms with Crippen molar-refractivity contribution in [3.8, 4) is 0 Å². The van der Waals surface area contributed by atoms with Crippen LogP contribution in [0.2, 0.25) is 5.02 Å². The second-order valence-corrected chi connectivity index (χ2v) is 5.36. The summed E-state index contributed by atoms with van der Waals surface area (Å²) in [7, 11) is 0. The molecule has 4 N–H and O–H groups in total. The molecular formula is C15H17ClN4O. The van der Waals surface area contributed by atoms with E-state index in [1.807, 2.05) is 13.8 Å². The summed E-state index contributed by atoms with van der Waals surface area (Å²) in [5.41, 5.74) is 4.45. The summed E-state index contributed by atoms with van der Waals surface area (Å²) in [6.07, 6.45) is 0. The quantitative estimate of drug-likeness (QED) is 0.597. The molecule has 1 amide bonds. The molecule has 1 heterocycles. The maximum absolute atomic E-state index is 12.3. The number of hydrogen-bond acceptors (Lipinski definition) is 4. The number of nitrogen functional groups attached to an aromatic ring is 1. The molecule has 0 unspecified atom stereocenters. The molecule has 0 spiro atoms. The zero-order valence-corrected chi connectivity index (χ0v) is 12.6. The highest BCUT2D eigenvalue weighted by Gasteiger charge is 2.12. The Morgan fingerprint density at radius 2 is 1.90 bits per heavy atom. The number of pyridine rings is 1. The van der Waals surface area contributed by atoms with Gasteiger partial charge in [-0.3, -0.25) is 4.79 Å². The first-order valence-electron chi connectivity index (χ1n) is 6.55. The molecule has 0 radical (unpaired) electrons. The zero-order chi connectivity index (χ0) is 15.4. The van der Waals surface area contributed by atoms with Crippen molar-refractivity contribution in [1.29, 1.82) is 0 Å². The topological polar surface area (TPSA) is 80.0 Å².